The third kappa shape index (κ3) is 4.80. The SMILES string of the molecule is CCCNS(=O)(=O)c1ccc(NC(=O)N(C)[C@@H](C)c2ccon2)cc1. The Morgan fingerprint density at radius 1 is 1.28 bits per heavy atom. The predicted molar refractivity (Wildman–Crippen MR) is 93.6 cm³/mol. The predicted octanol–water partition coefficient (Wildman–Crippen LogP) is 2.59. The standard InChI is InChI=1S/C16H22N4O4S/c1-4-10-17-25(22,23)14-7-5-13(6-8-14)18-16(21)20(3)12(2)15-9-11-24-19-15/h5-9,11-12,17H,4,10H2,1-3H3,(H,18,21)/t12-/m0/s1. The van der Waals surface area contributed by atoms with Gasteiger partial charge in [0.15, 0.2) is 0 Å². The molecule has 1 atom stereocenters. The number of aromatic nitrogens is 1. The molecule has 9 heteroatoms. The van der Waals surface area contributed by atoms with E-state index >= 15 is 0 Å². The molecule has 2 N–H and O–H groups in total. The number of nitrogens with zero attached hydrogens (tertiary/aromatic N) is 2. The lowest BCUT2D eigenvalue weighted by Gasteiger charge is -2.23. The molecular weight excluding hydrogens is 344 g/mol. The molecule has 0 saturated carbocycles. The highest BCUT2D eigenvalue weighted by atomic mass is 32.2. The normalized spacial score (nSPS) is 12.6. The highest BCUT2D eigenvalue weighted by Gasteiger charge is 2.20. The van der Waals surface area contributed by atoms with E-state index in [4.69, 9.17) is 4.52 Å². The molecule has 25 heavy (non-hydrogen) atoms. The number of carbonyl (C=O) groups excluding carboxylic acids is 1. The van der Waals surface area contributed by atoms with Crippen molar-refractivity contribution in [2.75, 3.05) is 18.9 Å². The average molecular weight is 366 g/mol. The van der Waals surface area contributed by atoms with Gasteiger partial charge in [-0.2, -0.15) is 0 Å². The highest BCUT2D eigenvalue weighted by molar-refractivity contribution is 7.89. The monoisotopic (exact) mass is 366 g/mol. The van der Waals surface area contributed by atoms with Gasteiger partial charge in [-0.25, -0.2) is 17.9 Å². The Labute approximate surface area is 147 Å². The molecule has 1 heterocycles. The zero-order valence-electron chi connectivity index (χ0n) is 14.4. The Kier molecular flexibility index (Phi) is 6.16. The minimum absolute atomic E-state index is 0.156. The van der Waals surface area contributed by atoms with Crippen LogP contribution in [-0.2, 0) is 10.0 Å². The third-order valence-corrected chi connectivity index (χ3v) is 5.22. The van der Waals surface area contributed by atoms with Crippen LogP contribution in [-0.4, -0.2) is 38.1 Å². The van der Waals surface area contributed by atoms with Crippen molar-refractivity contribution in [1.82, 2.24) is 14.8 Å². The molecule has 2 aromatic rings. The van der Waals surface area contributed by atoms with Gasteiger partial charge >= 0.3 is 6.03 Å². The lowest BCUT2D eigenvalue weighted by molar-refractivity contribution is 0.206. The summed E-state index contributed by atoms with van der Waals surface area (Å²) in [7, 11) is -1.88. The molecule has 0 saturated heterocycles. The van der Waals surface area contributed by atoms with E-state index in [1.165, 1.54) is 23.3 Å². The maximum absolute atomic E-state index is 12.3. The fraction of sp³-hybridized carbons (Fsp3) is 0.375. The molecule has 0 radical (unpaired) electrons. The zero-order valence-corrected chi connectivity index (χ0v) is 15.2. The maximum Gasteiger partial charge on any atom is 0.322 e. The van der Waals surface area contributed by atoms with Crippen molar-refractivity contribution in [3.63, 3.8) is 0 Å². The number of benzene rings is 1. The van der Waals surface area contributed by atoms with Crippen LogP contribution in [0.5, 0.6) is 0 Å². The van der Waals surface area contributed by atoms with Crippen LogP contribution in [0, 0.1) is 0 Å². The first-order valence-electron chi connectivity index (χ1n) is 7.89. The number of hydrogen-bond acceptors (Lipinski definition) is 5. The molecule has 136 valence electrons. The Morgan fingerprint density at radius 3 is 2.52 bits per heavy atom. The van der Waals surface area contributed by atoms with Crippen LogP contribution < -0.4 is 10.0 Å². The van der Waals surface area contributed by atoms with Gasteiger partial charge in [0.1, 0.15) is 12.0 Å². The Bertz CT molecular complexity index is 788. The summed E-state index contributed by atoms with van der Waals surface area (Å²) in [4.78, 5) is 13.9. The van der Waals surface area contributed by atoms with Gasteiger partial charge in [0.2, 0.25) is 10.0 Å². The number of carbonyl (C=O) groups is 1. The van der Waals surface area contributed by atoms with Crippen LogP contribution in [0.4, 0.5) is 10.5 Å². The lowest BCUT2D eigenvalue weighted by Crippen LogP contribution is -2.33. The summed E-state index contributed by atoms with van der Waals surface area (Å²) in [6.45, 7) is 4.09. The van der Waals surface area contributed by atoms with E-state index in [0.717, 1.165) is 0 Å². The molecule has 0 aliphatic heterocycles. The van der Waals surface area contributed by atoms with E-state index in [1.807, 2.05) is 13.8 Å². The molecule has 1 aromatic carbocycles. The largest absolute Gasteiger partial charge is 0.364 e. The number of hydrogen-bond donors (Lipinski definition) is 2. The van der Waals surface area contributed by atoms with Crippen molar-refractivity contribution in [3.8, 4) is 0 Å². The van der Waals surface area contributed by atoms with E-state index in [1.54, 1.807) is 25.2 Å². The van der Waals surface area contributed by atoms with Crippen LogP contribution in [0.15, 0.2) is 46.0 Å². The summed E-state index contributed by atoms with van der Waals surface area (Å²) < 4.78 is 31.3. The molecule has 0 unspecified atom stereocenters. The quantitative estimate of drug-likeness (QED) is 0.784. The van der Waals surface area contributed by atoms with Gasteiger partial charge in [0.05, 0.1) is 10.9 Å². The van der Waals surface area contributed by atoms with E-state index in [0.29, 0.717) is 24.3 Å². The van der Waals surface area contributed by atoms with E-state index in [-0.39, 0.29) is 17.0 Å². The van der Waals surface area contributed by atoms with Crippen molar-refractivity contribution < 1.29 is 17.7 Å². The number of anilines is 1. The van der Waals surface area contributed by atoms with E-state index in [9.17, 15) is 13.2 Å². The topological polar surface area (TPSA) is 105 Å². The van der Waals surface area contributed by atoms with Crippen molar-refractivity contribution in [2.24, 2.45) is 0 Å². The van der Waals surface area contributed by atoms with Crippen molar-refractivity contribution in [2.45, 2.75) is 31.2 Å². The third-order valence-electron chi connectivity index (χ3n) is 3.75. The Morgan fingerprint density at radius 2 is 1.96 bits per heavy atom. The van der Waals surface area contributed by atoms with Gasteiger partial charge in [0.25, 0.3) is 0 Å². The highest BCUT2D eigenvalue weighted by Crippen LogP contribution is 2.19. The second-order valence-electron chi connectivity index (χ2n) is 5.56. The van der Waals surface area contributed by atoms with Gasteiger partial charge in [0, 0.05) is 25.3 Å². The van der Waals surface area contributed by atoms with Gasteiger partial charge in [-0.05, 0) is 37.6 Å². The van der Waals surface area contributed by atoms with Gasteiger partial charge in [-0.1, -0.05) is 12.1 Å². The maximum atomic E-state index is 12.3. The summed E-state index contributed by atoms with van der Waals surface area (Å²) in [6, 6.07) is 7.09. The molecule has 2 rings (SSSR count). The number of rotatable bonds is 7. The van der Waals surface area contributed by atoms with Crippen molar-refractivity contribution in [1.29, 1.82) is 0 Å². The van der Waals surface area contributed by atoms with Crippen LogP contribution in [0.25, 0.3) is 0 Å². The molecule has 0 bridgehead atoms. The molecule has 0 spiro atoms. The van der Waals surface area contributed by atoms with Crippen molar-refractivity contribution >= 4 is 21.7 Å². The summed E-state index contributed by atoms with van der Waals surface area (Å²) in [5, 5.41) is 6.54. The number of urea groups is 1. The minimum Gasteiger partial charge on any atom is -0.364 e. The summed E-state index contributed by atoms with van der Waals surface area (Å²) in [6.07, 6.45) is 2.16. The Hall–Kier alpha value is -2.39. The van der Waals surface area contributed by atoms with Crippen LogP contribution in [0.3, 0.4) is 0 Å². The second-order valence-corrected chi connectivity index (χ2v) is 7.33. The number of sulfonamides is 1. The first kappa shape index (κ1) is 18.9. The minimum atomic E-state index is -3.52. The fourth-order valence-electron chi connectivity index (χ4n) is 2.06. The van der Waals surface area contributed by atoms with Gasteiger partial charge < -0.3 is 14.7 Å². The first-order chi connectivity index (χ1) is 11.8. The lowest BCUT2D eigenvalue weighted by atomic mass is 10.2. The summed E-state index contributed by atoms with van der Waals surface area (Å²) in [5.41, 5.74) is 1.14. The first-order valence-corrected chi connectivity index (χ1v) is 9.37. The van der Waals surface area contributed by atoms with Crippen LogP contribution in [0.1, 0.15) is 32.0 Å². The molecule has 0 fully saturated rings. The van der Waals surface area contributed by atoms with E-state index < -0.39 is 10.0 Å². The smallest absolute Gasteiger partial charge is 0.322 e. The van der Waals surface area contributed by atoms with Gasteiger partial charge in [-0.3, -0.25) is 0 Å². The summed E-state index contributed by atoms with van der Waals surface area (Å²) in [5.74, 6) is 0. The molecule has 0 aliphatic carbocycles. The van der Waals surface area contributed by atoms with E-state index in [2.05, 4.69) is 15.2 Å². The fourth-order valence-corrected chi connectivity index (χ4v) is 3.19. The zero-order chi connectivity index (χ0) is 18.4. The number of nitrogens with one attached hydrogen (secondary N) is 2. The van der Waals surface area contributed by atoms with Crippen LogP contribution in [0.2, 0.25) is 0 Å². The summed E-state index contributed by atoms with van der Waals surface area (Å²) >= 11 is 0. The molecule has 0 aliphatic rings. The van der Waals surface area contributed by atoms with Gasteiger partial charge in [-0.15, -0.1) is 0 Å². The van der Waals surface area contributed by atoms with Crippen molar-refractivity contribution in [3.05, 3.63) is 42.3 Å². The molecule has 8 nitrogen and oxygen atoms in total. The molecule has 1 aromatic heterocycles. The average Bonchev–Trinajstić information content (AvgIpc) is 3.13. The number of amides is 2. The second kappa shape index (κ2) is 8.13. The Balaban J connectivity index is 2.02. The molecule has 2 amide bonds. The van der Waals surface area contributed by atoms with Crippen LogP contribution >= 0.6 is 0 Å². The molecular formula is C16H22N4O4S.